The Labute approximate surface area is 580 Å². The number of hydrogen-bond acceptors (Lipinski definition) is 12. The number of nitrogens with zero attached hydrogens (tertiary/aromatic N) is 9. The number of halogens is 4. The van der Waals surface area contributed by atoms with Gasteiger partial charge in [0.2, 0.25) is 70.9 Å². The number of likely N-dealkylation sites (N-methyl/N-ethyl adjacent to an activating group) is 7. The summed E-state index contributed by atoms with van der Waals surface area (Å²) in [6.45, 7) is 6.45. The fraction of sp³-hybridized carbons (Fsp3) is 0.743. The normalized spacial score (nSPS) is 26.9. The Morgan fingerprint density at radius 1 is 0.633 bits per heavy atom. The molecule has 6 aliphatic rings. The predicted octanol–water partition coefficient (Wildman–Crippen LogP) is 5.25. The average Bonchev–Trinajstić information content (AvgIpc) is 1.85. The molecule has 12 amide bonds. The number of carbonyl (C=O) groups is 12. The maximum atomic E-state index is 15.8. The van der Waals surface area contributed by atoms with Crippen molar-refractivity contribution >= 4 is 82.5 Å². The van der Waals surface area contributed by atoms with Crippen molar-refractivity contribution in [2.24, 2.45) is 23.7 Å². The lowest BCUT2D eigenvalue weighted by Crippen LogP contribution is -2.65. The van der Waals surface area contributed by atoms with Gasteiger partial charge >= 0.3 is 6.18 Å². The highest BCUT2D eigenvalue weighted by Gasteiger charge is 2.52. The number of aryl methyl sites for hydroxylation is 1. The Morgan fingerprint density at radius 3 is 1.85 bits per heavy atom. The second-order valence-corrected chi connectivity index (χ2v) is 29.5. The molecule has 7 rings (SSSR count). The van der Waals surface area contributed by atoms with Crippen molar-refractivity contribution in [3.8, 4) is 0 Å². The summed E-state index contributed by atoms with van der Waals surface area (Å²) < 4.78 is 41.5. The van der Waals surface area contributed by atoms with Gasteiger partial charge in [0.25, 0.3) is 0 Å². The Morgan fingerprint density at radius 2 is 1.24 bits per heavy atom. The van der Waals surface area contributed by atoms with Crippen LogP contribution in [0.5, 0.6) is 0 Å². The van der Waals surface area contributed by atoms with Crippen LogP contribution in [0.2, 0.25) is 5.02 Å². The molecule has 6 fully saturated rings. The predicted molar refractivity (Wildman–Crippen MR) is 360 cm³/mol. The molecule has 3 N–H and O–H groups in total. The Balaban J connectivity index is 1.28. The first kappa shape index (κ1) is 78.3. The number of amides is 12. The van der Waals surface area contributed by atoms with E-state index in [2.05, 4.69) is 16.0 Å². The van der Waals surface area contributed by atoms with Gasteiger partial charge in [0, 0.05) is 69.0 Å². The minimum atomic E-state index is -4.76. The van der Waals surface area contributed by atoms with Gasteiger partial charge in [0.05, 0.1) is 36.6 Å². The first-order valence-corrected chi connectivity index (χ1v) is 35.7. The fourth-order valence-electron chi connectivity index (χ4n) is 14.8. The van der Waals surface area contributed by atoms with Gasteiger partial charge in [-0.3, -0.25) is 57.5 Å². The van der Waals surface area contributed by atoms with Gasteiger partial charge in [-0.15, -0.1) is 0 Å². The molecule has 0 bridgehead atoms. The molecular formula is C70H106ClF3N12O12. The zero-order valence-corrected chi connectivity index (χ0v) is 60.1. The molecule has 1 unspecified atom stereocenters. The van der Waals surface area contributed by atoms with Crippen LogP contribution in [0.3, 0.4) is 0 Å². The van der Waals surface area contributed by atoms with Crippen LogP contribution < -0.4 is 16.0 Å². The Bertz CT molecular complexity index is 3080. The Hall–Kier alpha value is -7.06. The molecule has 3 aliphatic heterocycles. The van der Waals surface area contributed by atoms with Crippen molar-refractivity contribution in [3.05, 3.63) is 34.3 Å². The van der Waals surface area contributed by atoms with Crippen LogP contribution in [-0.4, -0.2) is 251 Å². The van der Waals surface area contributed by atoms with Crippen LogP contribution in [0, 0.1) is 23.7 Å². The molecule has 546 valence electrons. The van der Waals surface area contributed by atoms with Crippen molar-refractivity contribution in [2.75, 3.05) is 88.6 Å². The zero-order chi connectivity index (χ0) is 72.2. The van der Waals surface area contributed by atoms with Gasteiger partial charge in [0.15, 0.2) is 0 Å². The van der Waals surface area contributed by atoms with E-state index in [0.29, 0.717) is 70.0 Å². The molecule has 0 aromatic heterocycles. The number of rotatable bonds is 11. The van der Waals surface area contributed by atoms with Crippen molar-refractivity contribution in [1.82, 2.24) is 60.0 Å². The molecule has 1 aromatic carbocycles. The smallest absolute Gasteiger partial charge is 0.343 e. The van der Waals surface area contributed by atoms with Crippen molar-refractivity contribution < 1.29 is 70.7 Å². The van der Waals surface area contributed by atoms with E-state index < -0.39 is 173 Å². The van der Waals surface area contributed by atoms with Crippen LogP contribution in [0.25, 0.3) is 0 Å². The molecule has 28 heteroatoms. The molecule has 3 aliphatic carbocycles. The van der Waals surface area contributed by atoms with Crippen molar-refractivity contribution in [2.45, 2.75) is 223 Å². The molecule has 3 saturated heterocycles. The van der Waals surface area contributed by atoms with E-state index in [9.17, 15) is 41.9 Å². The summed E-state index contributed by atoms with van der Waals surface area (Å²) in [5.74, 6) is -8.67. The van der Waals surface area contributed by atoms with E-state index >= 15 is 28.8 Å². The highest BCUT2D eigenvalue weighted by molar-refractivity contribution is 6.31. The maximum absolute atomic E-state index is 15.8. The maximum Gasteiger partial charge on any atom is 0.417 e. The van der Waals surface area contributed by atoms with E-state index in [1.165, 1.54) is 79.9 Å². The average molecular weight is 1400 g/mol. The third kappa shape index (κ3) is 19.5. The van der Waals surface area contributed by atoms with Gasteiger partial charge < -0.3 is 60.0 Å². The number of alkyl halides is 3. The van der Waals surface area contributed by atoms with E-state index in [4.69, 9.17) is 11.6 Å². The minimum absolute atomic E-state index is 0.0396. The van der Waals surface area contributed by atoms with Crippen LogP contribution in [-0.2, 0) is 70.1 Å². The first-order chi connectivity index (χ1) is 46.2. The first-order valence-electron chi connectivity index (χ1n) is 35.4. The lowest BCUT2D eigenvalue weighted by Gasteiger charge is -2.43. The fourth-order valence-corrected chi connectivity index (χ4v) is 15.1. The molecule has 98 heavy (non-hydrogen) atoms. The standard InChI is InChI=1S/C70H106ClF3N12O12/c1-12-44(4)59-66(96)80(7)41-57(89)78(5)42-58(90)82(9)53(38-46-25-26-46)64(94)79(6)40-55(87)75-50(30-28-45-27-29-48(49(71)37-45)70(72,73)74)63(93)86-35-21-24-51(86)62(92)77-69(31-17-18-32-69)68(98)84(11)60(47-22-15-13-16-23-47)67(97)83(10)54(65(95)85-33-19-14-20-34-85)39-56(88)81(8)52(36-43(2)3)61(91)76-59/h27,29,37,43-44,46-47,50-54,59-60H,12-26,28,30-36,38-42H2,1-11H3,(H,75,87)(H,76,91)(H,77,92)/t44-,50-,51?,52-,53-,54-,59-,60-/m0/s1. The van der Waals surface area contributed by atoms with E-state index in [0.717, 1.165) is 65.4 Å². The number of hydrogen-bond donors (Lipinski definition) is 3. The summed E-state index contributed by atoms with van der Waals surface area (Å²) in [5.41, 5.74) is -2.34. The molecule has 1 spiro atoms. The highest BCUT2D eigenvalue weighted by Crippen LogP contribution is 2.39. The summed E-state index contributed by atoms with van der Waals surface area (Å²) in [6.07, 6.45) is 4.34. The summed E-state index contributed by atoms with van der Waals surface area (Å²) in [7, 11) is 9.95. The number of piperidine rings is 1. The van der Waals surface area contributed by atoms with Gasteiger partial charge in [-0.2, -0.15) is 13.2 Å². The number of carbonyl (C=O) groups excluding carboxylic acids is 12. The quantitative estimate of drug-likeness (QED) is 0.256. The molecule has 3 saturated carbocycles. The van der Waals surface area contributed by atoms with E-state index in [1.807, 2.05) is 20.8 Å². The van der Waals surface area contributed by atoms with Gasteiger partial charge in [-0.1, -0.05) is 96.7 Å². The molecular weight excluding hydrogens is 1290 g/mol. The van der Waals surface area contributed by atoms with Crippen LogP contribution >= 0.6 is 11.6 Å². The van der Waals surface area contributed by atoms with Crippen LogP contribution in [0.4, 0.5) is 13.2 Å². The van der Waals surface area contributed by atoms with Gasteiger partial charge in [-0.05, 0) is 125 Å². The lowest BCUT2D eigenvalue weighted by atomic mass is 9.81. The molecule has 3 heterocycles. The van der Waals surface area contributed by atoms with Gasteiger partial charge in [0.1, 0.15) is 47.8 Å². The number of benzene rings is 1. The second-order valence-electron chi connectivity index (χ2n) is 29.1. The summed E-state index contributed by atoms with van der Waals surface area (Å²) >= 11 is 6.14. The molecule has 8 atom stereocenters. The molecule has 24 nitrogen and oxygen atoms in total. The number of likely N-dealkylation sites (tertiary alicyclic amines) is 1. The number of nitrogens with one attached hydrogen (secondary N) is 3. The topological polar surface area (TPSA) is 270 Å². The lowest BCUT2D eigenvalue weighted by molar-refractivity contribution is -0.157. The van der Waals surface area contributed by atoms with Crippen molar-refractivity contribution in [3.63, 3.8) is 0 Å². The Kier molecular flexibility index (Phi) is 27.4. The highest BCUT2D eigenvalue weighted by atomic mass is 35.5. The SMILES string of the molecule is CC[C@H](C)[C@@H]1NC(=O)[C@H](CC(C)C)N(C)C(=O)C[C@@H](C(=O)N2CCCCC2)N(C)C(=O)[C@H](C2CCCCC2)N(C)C(=O)C2(CCCC2)NC(=O)C2CCCN2C(=O)[C@H](CCc2ccc(C(F)(F)F)c(Cl)c2)NC(=O)CN(C)C(=O)[C@H](CC2CC2)N(C)C(=O)CN(C)C(=O)CN(C)C1=O. The molecule has 0 radical (unpaired) electrons. The van der Waals surface area contributed by atoms with E-state index in [1.54, 1.807) is 11.8 Å². The molecule has 1 aromatic rings. The van der Waals surface area contributed by atoms with Crippen molar-refractivity contribution in [1.29, 1.82) is 0 Å². The van der Waals surface area contributed by atoms with Gasteiger partial charge in [-0.25, -0.2) is 0 Å². The third-order valence-corrected chi connectivity index (χ3v) is 21.6. The van der Waals surface area contributed by atoms with Crippen LogP contribution in [0.15, 0.2) is 18.2 Å². The second kappa shape index (κ2) is 34.3. The number of fused-ring (bicyclic) bond motifs is 1. The summed E-state index contributed by atoms with van der Waals surface area (Å²) in [6, 6.07) is -5.50. The largest absolute Gasteiger partial charge is 0.417 e. The summed E-state index contributed by atoms with van der Waals surface area (Å²) in [4.78, 5) is 190. The monoisotopic (exact) mass is 1400 g/mol. The van der Waals surface area contributed by atoms with Crippen LogP contribution in [0.1, 0.15) is 174 Å². The third-order valence-electron chi connectivity index (χ3n) is 21.3. The summed E-state index contributed by atoms with van der Waals surface area (Å²) in [5, 5.41) is 8.15. The minimum Gasteiger partial charge on any atom is -0.343 e. The van der Waals surface area contributed by atoms with E-state index in [-0.39, 0.29) is 63.3 Å². The zero-order valence-electron chi connectivity index (χ0n) is 59.3.